The third-order valence-corrected chi connectivity index (χ3v) is 7.45. The van der Waals surface area contributed by atoms with Crippen LogP contribution in [0.2, 0.25) is 0 Å². The van der Waals surface area contributed by atoms with Crippen LogP contribution in [0.4, 0.5) is 15.8 Å². The van der Waals surface area contributed by atoms with E-state index in [1.54, 1.807) is 24.5 Å². The number of ether oxygens (including phenoxy) is 4. The van der Waals surface area contributed by atoms with E-state index < -0.39 is 5.82 Å². The first-order chi connectivity index (χ1) is 18.1. The van der Waals surface area contributed by atoms with Crippen molar-refractivity contribution in [2.24, 2.45) is 0 Å². The Morgan fingerprint density at radius 1 is 1.27 bits per heavy atom. The fourth-order valence-corrected chi connectivity index (χ4v) is 5.37. The fourth-order valence-electron chi connectivity index (χ4n) is 5.37. The molecule has 1 spiro atoms. The van der Waals surface area contributed by atoms with Crippen LogP contribution in [0.3, 0.4) is 0 Å². The average Bonchev–Trinajstić information content (AvgIpc) is 3.28. The van der Waals surface area contributed by atoms with Crippen LogP contribution in [0.1, 0.15) is 35.3 Å². The molecule has 1 saturated heterocycles. The lowest BCUT2D eigenvalue weighted by Crippen LogP contribution is -2.50. The molecule has 1 atom stereocenters. The van der Waals surface area contributed by atoms with Gasteiger partial charge in [0.15, 0.2) is 11.6 Å². The van der Waals surface area contributed by atoms with E-state index in [1.807, 2.05) is 6.07 Å². The molecule has 3 aliphatic rings. The molecule has 0 radical (unpaired) electrons. The van der Waals surface area contributed by atoms with E-state index in [1.165, 1.54) is 13.2 Å². The topological polar surface area (TPSA) is 107 Å². The van der Waals surface area contributed by atoms with Crippen LogP contribution in [-0.2, 0) is 14.9 Å². The van der Waals surface area contributed by atoms with Gasteiger partial charge >= 0.3 is 0 Å². The Balaban J connectivity index is 1.45. The summed E-state index contributed by atoms with van der Waals surface area (Å²) in [6.45, 7) is 2.44. The maximum atomic E-state index is 14.5. The summed E-state index contributed by atoms with van der Waals surface area (Å²) in [6, 6.07) is 6.48. The predicted molar refractivity (Wildman–Crippen MR) is 134 cm³/mol. The molecule has 2 fully saturated rings. The minimum absolute atomic E-state index is 0.0682. The molecule has 2 aliphatic heterocycles. The highest BCUT2D eigenvalue weighted by Crippen LogP contribution is 2.51. The summed E-state index contributed by atoms with van der Waals surface area (Å²) < 4.78 is 37.2. The number of benzene rings is 1. The van der Waals surface area contributed by atoms with Crippen LogP contribution < -0.4 is 20.1 Å². The third-order valence-electron chi connectivity index (χ3n) is 7.45. The molecule has 1 amide bonds. The van der Waals surface area contributed by atoms with Crippen LogP contribution in [0, 0.1) is 5.82 Å². The molecule has 1 aliphatic carbocycles. The predicted octanol–water partition coefficient (Wildman–Crippen LogP) is 3.93. The summed E-state index contributed by atoms with van der Waals surface area (Å²) >= 11 is 0. The van der Waals surface area contributed by atoms with Gasteiger partial charge in [0.1, 0.15) is 18.5 Å². The number of nitrogens with one attached hydrogen (secondary N) is 3. The number of H-pyrrole nitrogens is 1. The minimum atomic E-state index is -0.499. The van der Waals surface area contributed by atoms with E-state index in [0.29, 0.717) is 61.4 Å². The lowest BCUT2D eigenvalue weighted by molar-refractivity contribution is -0.101. The number of carbonyl (C=O) groups is 1. The van der Waals surface area contributed by atoms with Crippen LogP contribution >= 0.6 is 0 Å². The Hall–Kier alpha value is -3.63. The van der Waals surface area contributed by atoms with Crippen molar-refractivity contribution >= 4 is 17.3 Å². The van der Waals surface area contributed by atoms with Gasteiger partial charge in [-0.1, -0.05) is 12.5 Å². The van der Waals surface area contributed by atoms with Gasteiger partial charge in [-0.05, 0) is 31.0 Å². The Kier molecular flexibility index (Phi) is 6.21. The molecule has 1 aromatic carbocycles. The highest BCUT2D eigenvalue weighted by atomic mass is 19.1. The molecule has 2 aromatic heterocycles. The molecule has 37 heavy (non-hydrogen) atoms. The Morgan fingerprint density at radius 3 is 2.92 bits per heavy atom. The number of carbonyl (C=O) groups excluding carboxylic acids is 1. The van der Waals surface area contributed by atoms with Gasteiger partial charge in [-0.15, -0.1) is 0 Å². The third kappa shape index (κ3) is 4.19. The minimum Gasteiger partial charge on any atom is -0.492 e. The number of halogens is 1. The van der Waals surface area contributed by atoms with Gasteiger partial charge < -0.3 is 34.6 Å². The summed E-state index contributed by atoms with van der Waals surface area (Å²) in [6.07, 6.45) is 6.18. The first-order valence-corrected chi connectivity index (χ1v) is 12.5. The van der Waals surface area contributed by atoms with Crippen LogP contribution in [0.5, 0.6) is 11.5 Å². The van der Waals surface area contributed by atoms with Gasteiger partial charge in [0, 0.05) is 29.4 Å². The highest BCUT2D eigenvalue weighted by Gasteiger charge is 2.47. The maximum absolute atomic E-state index is 14.5. The second kappa shape index (κ2) is 9.68. The highest BCUT2D eigenvalue weighted by molar-refractivity contribution is 6.07. The van der Waals surface area contributed by atoms with Gasteiger partial charge in [0.05, 0.1) is 55.8 Å². The van der Waals surface area contributed by atoms with Crippen molar-refractivity contribution < 1.29 is 28.1 Å². The number of para-hydroxylation sites is 1. The molecule has 3 aromatic rings. The first-order valence-electron chi connectivity index (χ1n) is 12.5. The number of anilines is 2. The number of hydrogen-bond acceptors (Lipinski definition) is 7. The smallest absolute Gasteiger partial charge is 0.255 e. The molecule has 6 rings (SSSR count). The van der Waals surface area contributed by atoms with E-state index in [-0.39, 0.29) is 23.2 Å². The molecule has 0 unspecified atom stereocenters. The molecular formula is C27H29FN4O5. The van der Waals surface area contributed by atoms with E-state index >= 15 is 0 Å². The fraction of sp³-hybridized carbons (Fsp3) is 0.407. The molecule has 194 valence electrons. The number of nitrogens with zero attached hydrogens (tertiary/aromatic N) is 1. The second-order valence-corrected chi connectivity index (χ2v) is 9.64. The SMILES string of the molecule is COc1c(F)cccc1Nc1c(-c2ccncc2OC[C@H]2COCCO2)[nH]c2c1C(=O)NCC21CCC1. The number of hydrogen-bond donors (Lipinski definition) is 3. The Labute approximate surface area is 213 Å². The van der Waals surface area contributed by atoms with Crippen molar-refractivity contribution in [2.45, 2.75) is 30.8 Å². The lowest BCUT2D eigenvalue weighted by atomic mass is 9.64. The van der Waals surface area contributed by atoms with Crippen molar-refractivity contribution in [3.8, 4) is 22.8 Å². The zero-order valence-corrected chi connectivity index (χ0v) is 20.6. The first kappa shape index (κ1) is 23.7. The lowest BCUT2D eigenvalue weighted by Gasteiger charge is -2.44. The van der Waals surface area contributed by atoms with E-state index in [9.17, 15) is 9.18 Å². The van der Waals surface area contributed by atoms with Crippen molar-refractivity contribution in [3.05, 3.63) is 53.7 Å². The summed E-state index contributed by atoms with van der Waals surface area (Å²) in [5, 5.41) is 6.38. The van der Waals surface area contributed by atoms with Gasteiger partial charge in [-0.2, -0.15) is 0 Å². The zero-order chi connectivity index (χ0) is 25.4. The Bertz CT molecular complexity index is 1320. The summed E-state index contributed by atoms with van der Waals surface area (Å²) in [5.74, 6) is -0.0793. The average molecular weight is 509 g/mol. The molecule has 1 saturated carbocycles. The number of amides is 1. The number of rotatable bonds is 7. The number of aromatic nitrogens is 2. The molecule has 10 heteroatoms. The van der Waals surface area contributed by atoms with E-state index in [2.05, 4.69) is 20.6 Å². The number of aromatic amines is 1. The monoisotopic (exact) mass is 508 g/mol. The van der Waals surface area contributed by atoms with E-state index in [4.69, 9.17) is 18.9 Å². The summed E-state index contributed by atoms with van der Waals surface area (Å²) in [4.78, 5) is 21.1. The van der Waals surface area contributed by atoms with Crippen LogP contribution in [0.15, 0.2) is 36.7 Å². The number of fused-ring (bicyclic) bond motifs is 2. The van der Waals surface area contributed by atoms with Crippen molar-refractivity contribution in [3.63, 3.8) is 0 Å². The normalized spacial score (nSPS) is 20.1. The van der Waals surface area contributed by atoms with Gasteiger partial charge in [-0.25, -0.2) is 4.39 Å². The van der Waals surface area contributed by atoms with Crippen molar-refractivity contribution in [1.29, 1.82) is 0 Å². The molecule has 9 nitrogen and oxygen atoms in total. The van der Waals surface area contributed by atoms with Gasteiger partial charge in [0.2, 0.25) is 0 Å². The van der Waals surface area contributed by atoms with Crippen molar-refractivity contribution in [1.82, 2.24) is 15.3 Å². The molecular weight excluding hydrogens is 479 g/mol. The standard InChI is InChI=1S/C27H29FN4O5/c1-34-24-18(28)4-2-5-19(24)31-23-21-25(27(7-3-8-27)15-30-26(21)33)32-22(23)17-6-9-29-12-20(17)37-14-16-13-35-10-11-36-16/h2,4-6,9,12,16,31-32H,3,7-8,10-11,13-15H2,1H3,(H,30,33)/t16-/m1/s1. The largest absolute Gasteiger partial charge is 0.492 e. The van der Waals surface area contributed by atoms with Gasteiger partial charge in [0.25, 0.3) is 5.91 Å². The molecule has 3 N–H and O–H groups in total. The van der Waals surface area contributed by atoms with E-state index in [0.717, 1.165) is 30.5 Å². The quantitative estimate of drug-likeness (QED) is 0.444. The zero-order valence-electron chi connectivity index (χ0n) is 20.6. The number of pyridine rings is 1. The maximum Gasteiger partial charge on any atom is 0.255 e. The molecule has 0 bridgehead atoms. The van der Waals surface area contributed by atoms with Gasteiger partial charge in [-0.3, -0.25) is 9.78 Å². The Morgan fingerprint density at radius 2 is 2.16 bits per heavy atom. The summed E-state index contributed by atoms with van der Waals surface area (Å²) in [5.41, 5.74) is 3.61. The molecule has 4 heterocycles. The summed E-state index contributed by atoms with van der Waals surface area (Å²) in [7, 11) is 1.42. The van der Waals surface area contributed by atoms with Crippen molar-refractivity contribution in [2.75, 3.05) is 45.4 Å². The van der Waals surface area contributed by atoms with Crippen LogP contribution in [-0.4, -0.2) is 62.1 Å². The second-order valence-electron chi connectivity index (χ2n) is 9.64. The number of methoxy groups -OCH3 is 1. The van der Waals surface area contributed by atoms with Crippen LogP contribution in [0.25, 0.3) is 11.3 Å².